The van der Waals surface area contributed by atoms with Crippen LogP contribution in [0.3, 0.4) is 0 Å². The molecular formula is C13H27NOS. The lowest BCUT2D eigenvalue weighted by Gasteiger charge is -2.36. The lowest BCUT2D eigenvalue weighted by atomic mass is 9.83. The highest BCUT2D eigenvalue weighted by Crippen LogP contribution is 2.31. The van der Waals surface area contributed by atoms with Crippen molar-refractivity contribution < 1.29 is 4.21 Å². The van der Waals surface area contributed by atoms with Gasteiger partial charge in [-0.3, -0.25) is 4.21 Å². The number of hydrogen-bond acceptors (Lipinski definition) is 2. The average Bonchev–Trinajstić information content (AvgIpc) is 2.28. The van der Waals surface area contributed by atoms with Gasteiger partial charge in [0.15, 0.2) is 0 Å². The Hall–Kier alpha value is 0.110. The van der Waals surface area contributed by atoms with Crippen LogP contribution in [-0.2, 0) is 10.8 Å². The second-order valence-corrected chi connectivity index (χ2v) is 7.48. The zero-order valence-electron chi connectivity index (χ0n) is 11.2. The van der Waals surface area contributed by atoms with Gasteiger partial charge in [0.05, 0.1) is 5.25 Å². The molecule has 1 N–H and O–H groups in total. The van der Waals surface area contributed by atoms with Crippen molar-refractivity contribution in [2.45, 2.75) is 69.4 Å². The third kappa shape index (κ3) is 3.56. The molecule has 0 aromatic rings. The maximum Gasteiger partial charge on any atom is 0.0506 e. The molecule has 3 heteroatoms. The Kier molecular flexibility index (Phi) is 5.98. The molecule has 0 aromatic carbocycles. The normalized spacial score (nSPS) is 32.9. The molecule has 1 rings (SSSR count). The van der Waals surface area contributed by atoms with Crippen molar-refractivity contribution in [2.75, 3.05) is 7.05 Å². The summed E-state index contributed by atoms with van der Waals surface area (Å²) in [5, 5.41) is 4.02. The van der Waals surface area contributed by atoms with Crippen molar-refractivity contribution >= 4 is 10.8 Å². The first-order chi connectivity index (χ1) is 7.60. The largest absolute Gasteiger partial charge is 0.316 e. The van der Waals surface area contributed by atoms with Gasteiger partial charge in [0.1, 0.15) is 0 Å². The molecular weight excluding hydrogens is 218 g/mol. The van der Waals surface area contributed by atoms with Gasteiger partial charge in [-0.05, 0) is 32.2 Å². The Morgan fingerprint density at radius 1 is 1.38 bits per heavy atom. The van der Waals surface area contributed by atoms with Crippen molar-refractivity contribution in [1.82, 2.24) is 5.32 Å². The minimum Gasteiger partial charge on any atom is -0.316 e. The van der Waals surface area contributed by atoms with Crippen LogP contribution in [0, 0.1) is 5.92 Å². The van der Waals surface area contributed by atoms with Gasteiger partial charge in [-0.1, -0.05) is 33.6 Å². The van der Waals surface area contributed by atoms with Crippen LogP contribution < -0.4 is 5.32 Å². The van der Waals surface area contributed by atoms with Crippen LogP contribution in [0.25, 0.3) is 0 Å². The summed E-state index contributed by atoms with van der Waals surface area (Å²) in [4.78, 5) is 0. The van der Waals surface area contributed by atoms with Crippen molar-refractivity contribution in [3.05, 3.63) is 0 Å². The molecule has 1 aliphatic carbocycles. The predicted molar refractivity (Wildman–Crippen MR) is 72.2 cm³/mol. The molecule has 1 aliphatic rings. The van der Waals surface area contributed by atoms with E-state index in [9.17, 15) is 4.21 Å². The van der Waals surface area contributed by atoms with E-state index in [2.05, 4.69) is 26.1 Å². The highest BCUT2D eigenvalue weighted by atomic mass is 32.2. The quantitative estimate of drug-likeness (QED) is 0.807. The highest BCUT2D eigenvalue weighted by molar-refractivity contribution is 7.86. The predicted octanol–water partition coefficient (Wildman–Crippen LogP) is 2.70. The fraction of sp³-hybridized carbons (Fsp3) is 1.00. The zero-order chi connectivity index (χ0) is 12.1. The monoisotopic (exact) mass is 245 g/mol. The summed E-state index contributed by atoms with van der Waals surface area (Å²) < 4.78 is 12.3. The van der Waals surface area contributed by atoms with E-state index >= 15 is 0 Å². The minimum absolute atomic E-state index is 0.293. The fourth-order valence-electron chi connectivity index (χ4n) is 2.82. The molecule has 96 valence electrons. The molecule has 2 nitrogen and oxygen atoms in total. The lowest BCUT2D eigenvalue weighted by molar-refractivity contribution is 0.292. The Bertz CT molecular complexity index is 230. The molecule has 4 unspecified atom stereocenters. The van der Waals surface area contributed by atoms with E-state index in [1.54, 1.807) is 0 Å². The van der Waals surface area contributed by atoms with Crippen LogP contribution in [0.1, 0.15) is 52.9 Å². The first-order valence-corrected chi connectivity index (χ1v) is 7.94. The molecule has 0 bridgehead atoms. The second-order valence-electron chi connectivity index (χ2n) is 5.28. The Morgan fingerprint density at radius 3 is 2.56 bits per heavy atom. The summed E-state index contributed by atoms with van der Waals surface area (Å²) in [6.45, 7) is 6.40. The molecule has 0 aliphatic heterocycles. The highest BCUT2D eigenvalue weighted by Gasteiger charge is 2.33. The first-order valence-electron chi connectivity index (χ1n) is 6.66. The molecule has 0 spiro atoms. The van der Waals surface area contributed by atoms with Crippen molar-refractivity contribution in [2.24, 2.45) is 5.92 Å². The van der Waals surface area contributed by atoms with E-state index in [4.69, 9.17) is 0 Å². The summed E-state index contributed by atoms with van der Waals surface area (Å²) in [6.07, 6.45) is 6.23. The maximum absolute atomic E-state index is 12.3. The summed E-state index contributed by atoms with van der Waals surface area (Å²) in [7, 11) is 1.33. The fourth-order valence-corrected chi connectivity index (χ4v) is 4.58. The van der Waals surface area contributed by atoms with Gasteiger partial charge in [0.2, 0.25) is 0 Å². The Morgan fingerprint density at radius 2 is 2.06 bits per heavy atom. The van der Waals surface area contributed by atoms with Crippen LogP contribution >= 0.6 is 0 Å². The maximum atomic E-state index is 12.3. The molecule has 1 saturated carbocycles. The molecule has 0 amide bonds. The van der Waals surface area contributed by atoms with Crippen molar-refractivity contribution in [3.8, 4) is 0 Å². The molecule has 16 heavy (non-hydrogen) atoms. The molecule has 0 aromatic heterocycles. The van der Waals surface area contributed by atoms with Gasteiger partial charge < -0.3 is 5.32 Å². The van der Waals surface area contributed by atoms with Gasteiger partial charge >= 0.3 is 0 Å². The van der Waals surface area contributed by atoms with Gasteiger partial charge in [-0.2, -0.15) is 0 Å². The third-order valence-electron chi connectivity index (χ3n) is 3.73. The van der Waals surface area contributed by atoms with Crippen LogP contribution in [0.15, 0.2) is 0 Å². The first kappa shape index (κ1) is 14.2. The summed E-state index contributed by atoms with van der Waals surface area (Å²) in [5.41, 5.74) is 0. The smallest absolute Gasteiger partial charge is 0.0506 e. The van der Waals surface area contributed by atoms with E-state index in [-0.39, 0.29) is 0 Å². The Balaban J connectivity index is 2.63. The van der Waals surface area contributed by atoms with Gasteiger partial charge in [-0.25, -0.2) is 0 Å². The van der Waals surface area contributed by atoms with Crippen LogP contribution in [0.5, 0.6) is 0 Å². The standard InChI is InChI=1S/C13H27NOS/c1-5-6-11-7-8-12(14-4)13(9-11)16(15)10(2)3/h10-14H,5-9H2,1-4H3. The van der Waals surface area contributed by atoms with E-state index in [0.29, 0.717) is 16.5 Å². The summed E-state index contributed by atoms with van der Waals surface area (Å²) in [6, 6.07) is 0.469. The van der Waals surface area contributed by atoms with Crippen LogP contribution in [-0.4, -0.2) is 27.8 Å². The van der Waals surface area contributed by atoms with Gasteiger partial charge in [0, 0.05) is 22.1 Å². The third-order valence-corrected chi connectivity index (χ3v) is 5.78. The molecule has 1 fully saturated rings. The Labute approximate surface area is 103 Å². The van der Waals surface area contributed by atoms with E-state index < -0.39 is 10.8 Å². The SMILES string of the molecule is CCCC1CCC(NC)C(S(=O)C(C)C)C1. The van der Waals surface area contributed by atoms with Crippen LogP contribution in [0.4, 0.5) is 0 Å². The second kappa shape index (κ2) is 6.75. The van der Waals surface area contributed by atoms with Gasteiger partial charge in [-0.15, -0.1) is 0 Å². The van der Waals surface area contributed by atoms with Crippen molar-refractivity contribution in [1.29, 1.82) is 0 Å². The van der Waals surface area contributed by atoms with Gasteiger partial charge in [0.25, 0.3) is 0 Å². The minimum atomic E-state index is -0.675. The molecule has 0 heterocycles. The van der Waals surface area contributed by atoms with E-state index in [0.717, 1.165) is 12.3 Å². The molecule has 4 atom stereocenters. The number of nitrogens with one attached hydrogen (secondary N) is 1. The number of rotatable bonds is 5. The zero-order valence-corrected chi connectivity index (χ0v) is 12.0. The molecule has 0 radical (unpaired) electrons. The van der Waals surface area contributed by atoms with E-state index in [1.807, 2.05) is 7.05 Å². The number of hydrogen-bond donors (Lipinski definition) is 1. The summed E-state index contributed by atoms with van der Waals surface area (Å²) in [5.74, 6) is 0.808. The van der Waals surface area contributed by atoms with E-state index in [1.165, 1.54) is 25.7 Å². The topological polar surface area (TPSA) is 29.1 Å². The van der Waals surface area contributed by atoms with Crippen molar-refractivity contribution in [3.63, 3.8) is 0 Å². The molecule has 0 saturated heterocycles. The summed E-state index contributed by atoms with van der Waals surface area (Å²) >= 11 is 0. The average molecular weight is 245 g/mol. The van der Waals surface area contributed by atoms with Crippen LogP contribution in [0.2, 0.25) is 0 Å². The lowest BCUT2D eigenvalue weighted by Crippen LogP contribution is -2.46.